The smallest absolute Gasteiger partial charge is 0.343 e. The standard InChI is InChI=1S/C39H49NO3/c1-3-5-7-9-11-27-42-36-22-17-31(18-23-36)32-19-24-37(25-20-32)43-39(41)34-21-26-38(35(28-34)29-40)33-15-13-30(14-16-33)12-10-8-6-4-2/h17-26,28,30,33H,3-16,27H2,1-2H3. The fourth-order valence-corrected chi connectivity index (χ4v) is 6.28. The number of hydrogen-bond acceptors (Lipinski definition) is 4. The first-order valence-corrected chi connectivity index (χ1v) is 16.7. The molecule has 0 radical (unpaired) electrons. The molecule has 3 aromatic rings. The number of carbonyl (C=O) groups excluding carboxylic acids is 1. The van der Waals surface area contributed by atoms with Crippen molar-refractivity contribution in [2.75, 3.05) is 6.61 Å². The summed E-state index contributed by atoms with van der Waals surface area (Å²) >= 11 is 0. The molecule has 0 spiro atoms. The predicted octanol–water partition coefficient (Wildman–Crippen LogP) is 11.0. The second kappa shape index (κ2) is 17.5. The highest BCUT2D eigenvalue weighted by Gasteiger charge is 2.24. The molecule has 0 unspecified atom stereocenters. The maximum Gasteiger partial charge on any atom is 0.343 e. The van der Waals surface area contributed by atoms with Gasteiger partial charge in [0.2, 0.25) is 0 Å². The Hall–Kier alpha value is -3.58. The van der Waals surface area contributed by atoms with Crippen molar-refractivity contribution >= 4 is 5.97 Å². The second-order valence-electron chi connectivity index (χ2n) is 12.2. The van der Waals surface area contributed by atoms with Crippen LogP contribution in [0, 0.1) is 17.2 Å². The third kappa shape index (κ3) is 9.99. The van der Waals surface area contributed by atoms with Crippen LogP contribution < -0.4 is 9.47 Å². The van der Waals surface area contributed by atoms with Gasteiger partial charge in [0.1, 0.15) is 11.5 Å². The van der Waals surface area contributed by atoms with Crippen LogP contribution in [0.3, 0.4) is 0 Å². The molecule has 0 bridgehead atoms. The van der Waals surface area contributed by atoms with Crippen LogP contribution in [0.1, 0.15) is 131 Å². The van der Waals surface area contributed by atoms with Crippen molar-refractivity contribution in [2.45, 2.75) is 110 Å². The van der Waals surface area contributed by atoms with Crippen molar-refractivity contribution in [1.29, 1.82) is 5.26 Å². The number of esters is 1. The van der Waals surface area contributed by atoms with Crippen LogP contribution in [0.5, 0.6) is 11.5 Å². The van der Waals surface area contributed by atoms with E-state index < -0.39 is 5.97 Å². The summed E-state index contributed by atoms with van der Waals surface area (Å²) in [6.45, 7) is 5.24. The molecule has 0 aliphatic heterocycles. The van der Waals surface area contributed by atoms with Gasteiger partial charge in [0.15, 0.2) is 0 Å². The highest BCUT2D eigenvalue weighted by Crippen LogP contribution is 2.39. The van der Waals surface area contributed by atoms with Crippen LogP contribution in [0.2, 0.25) is 0 Å². The molecule has 0 amide bonds. The lowest BCUT2D eigenvalue weighted by Gasteiger charge is -2.29. The van der Waals surface area contributed by atoms with Gasteiger partial charge in [-0.3, -0.25) is 0 Å². The van der Waals surface area contributed by atoms with E-state index in [1.807, 2.05) is 48.5 Å². The third-order valence-electron chi connectivity index (χ3n) is 8.93. The molecule has 0 atom stereocenters. The minimum Gasteiger partial charge on any atom is -0.494 e. The number of nitriles is 1. The van der Waals surface area contributed by atoms with Crippen LogP contribution in [-0.4, -0.2) is 12.6 Å². The molecule has 228 valence electrons. The van der Waals surface area contributed by atoms with Crippen LogP contribution >= 0.6 is 0 Å². The van der Waals surface area contributed by atoms with E-state index in [0.717, 1.165) is 54.2 Å². The summed E-state index contributed by atoms with van der Waals surface area (Å²) in [7, 11) is 0. The summed E-state index contributed by atoms with van der Waals surface area (Å²) in [5.74, 6) is 2.15. The molecule has 43 heavy (non-hydrogen) atoms. The summed E-state index contributed by atoms with van der Waals surface area (Å²) in [5.41, 5.74) is 4.21. The van der Waals surface area contributed by atoms with E-state index in [4.69, 9.17) is 9.47 Å². The van der Waals surface area contributed by atoms with Gasteiger partial charge < -0.3 is 9.47 Å². The minimum absolute atomic E-state index is 0.398. The fourth-order valence-electron chi connectivity index (χ4n) is 6.28. The molecule has 1 aliphatic rings. The van der Waals surface area contributed by atoms with E-state index in [-0.39, 0.29) is 0 Å². The average molecular weight is 580 g/mol. The Bertz CT molecular complexity index is 1300. The Kier molecular flexibility index (Phi) is 13.2. The van der Waals surface area contributed by atoms with Gasteiger partial charge in [-0.2, -0.15) is 5.26 Å². The highest BCUT2D eigenvalue weighted by molar-refractivity contribution is 5.91. The molecule has 0 saturated heterocycles. The van der Waals surface area contributed by atoms with Gasteiger partial charge in [-0.05, 0) is 97.0 Å². The number of nitrogens with zero attached hydrogens (tertiary/aromatic N) is 1. The van der Waals surface area contributed by atoms with E-state index in [1.54, 1.807) is 6.07 Å². The normalized spacial score (nSPS) is 16.4. The third-order valence-corrected chi connectivity index (χ3v) is 8.93. The molecule has 1 saturated carbocycles. The Labute approximate surface area is 259 Å². The molecule has 3 aromatic carbocycles. The number of rotatable bonds is 16. The Morgan fingerprint density at radius 1 is 0.744 bits per heavy atom. The molecule has 4 heteroatoms. The topological polar surface area (TPSA) is 59.3 Å². The zero-order valence-electron chi connectivity index (χ0n) is 26.3. The molecule has 1 aliphatic carbocycles. The predicted molar refractivity (Wildman–Crippen MR) is 176 cm³/mol. The zero-order chi connectivity index (χ0) is 30.3. The first-order chi connectivity index (χ1) is 21.1. The number of hydrogen-bond donors (Lipinski definition) is 0. The lowest BCUT2D eigenvalue weighted by atomic mass is 9.76. The van der Waals surface area contributed by atoms with E-state index >= 15 is 0 Å². The highest BCUT2D eigenvalue weighted by atomic mass is 16.5. The molecular weight excluding hydrogens is 530 g/mol. The van der Waals surface area contributed by atoms with Gasteiger partial charge in [0.05, 0.1) is 23.8 Å². The van der Waals surface area contributed by atoms with E-state index in [0.29, 0.717) is 22.8 Å². The summed E-state index contributed by atoms with van der Waals surface area (Å²) in [6, 6.07) is 23.5. The van der Waals surface area contributed by atoms with Gasteiger partial charge in [0.25, 0.3) is 0 Å². The average Bonchev–Trinajstić information content (AvgIpc) is 3.05. The van der Waals surface area contributed by atoms with Crippen LogP contribution in [0.15, 0.2) is 66.7 Å². The Morgan fingerprint density at radius 2 is 1.35 bits per heavy atom. The monoisotopic (exact) mass is 579 g/mol. The van der Waals surface area contributed by atoms with E-state index in [2.05, 4.69) is 32.0 Å². The van der Waals surface area contributed by atoms with Crippen molar-refractivity contribution in [2.24, 2.45) is 5.92 Å². The molecule has 0 heterocycles. The van der Waals surface area contributed by atoms with Crippen molar-refractivity contribution in [3.05, 3.63) is 83.4 Å². The van der Waals surface area contributed by atoms with Crippen molar-refractivity contribution in [1.82, 2.24) is 0 Å². The van der Waals surface area contributed by atoms with Crippen molar-refractivity contribution < 1.29 is 14.3 Å². The fraction of sp³-hybridized carbons (Fsp3) is 0.487. The zero-order valence-corrected chi connectivity index (χ0v) is 26.3. The lowest BCUT2D eigenvalue weighted by Crippen LogP contribution is -2.15. The maximum atomic E-state index is 13.0. The number of benzene rings is 3. The summed E-state index contributed by atoms with van der Waals surface area (Å²) in [5, 5.41) is 9.89. The molecule has 0 N–H and O–H groups in total. The molecular formula is C39H49NO3. The SMILES string of the molecule is CCCCCCCOc1ccc(-c2ccc(OC(=O)c3ccc(C4CCC(CCCCCC)CC4)c(C#N)c3)cc2)cc1. The Morgan fingerprint density at radius 3 is 1.98 bits per heavy atom. The summed E-state index contributed by atoms with van der Waals surface area (Å²) in [4.78, 5) is 13.0. The first-order valence-electron chi connectivity index (χ1n) is 16.7. The van der Waals surface area contributed by atoms with Crippen LogP contribution in [-0.2, 0) is 0 Å². The molecule has 0 aromatic heterocycles. The van der Waals surface area contributed by atoms with Crippen molar-refractivity contribution in [3.63, 3.8) is 0 Å². The molecule has 1 fully saturated rings. The van der Waals surface area contributed by atoms with Crippen molar-refractivity contribution in [3.8, 4) is 28.7 Å². The number of carbonyl (C=O) groups is 1. The summed E-state index contributed by atoms with van der Waals surface area (Å²) < 4.78 is 11.6. The minimum atomic E-state index is -0.442. The van der Waals surface area contributed by atoms with Crippen LogP contribution in [0.4, 0.5) is 0 Å². The van der Waals surface area contributed by atoms with Gasteiger partial charge >= 0.3 is 5.97 Å². The van der Waals surface area contributed by atoms with Gasteiger partial charge in [-0.1, -0.05) is 102 Å². The number of ether oxygens (including phenoxy) is 2. The molecule has 4 rings (SSSR count). The van der Waals surface area contributed by atoms with E-state index in [9.17, 15) is 10.1 Å². The quantitative estimate of drug-likeness (QED) is 0.0962. The largest absolute Gasteiger partial charge is 0.494 e. The number of unbranched alkanes of at least 4 members (excludes halogenated alkanes) is 7. The second-order valence-corrected chi connectivity index (χ2v) is 12.2. The van der Waals surface area contributed by atoms with Gasteiger partial charge in [-0.25, -0.2) is 4.79 Å². The van der Waals surface area contributed by atoms with Gasteiger partial charge in [0, 0.05) is 0 Å². The lowest BCUT2D eigenvalue weighted by molar-refractivity contribution is 0.0734. The Balaban J connectivity index is 1.27. The van der Waals surface area contributed by atoms with Crippen LogP contribution in [0.25, 0.3) is 11.1 Å². The molecule has 4 nitrogen and oxygen atoms in total. The van der Waals surface area contributed by atoms with Gasteiger partial charge in [-0.15, -0.1) is 0 Å². The summed E-state index contributed by atoms with van der Waals surface area (Å²) in [6.07, 6.45) is 17.5. The maximum absolute atomic E-state index is 13.0. The first kappa shape index (κ1) is 32.3. The van der Waals surface area contributed by atoms with E-state index in [1.165, 1.54) is 70.6 Å².